The van der Waals surface area contributed by atoms with Gasteiger partial charge in [-0.2, -0.15) is 0 Å². The van der Waals surface area contributed by atoms with Crippen LogP contribution in [0.4, 0.5) is 10.1 Å². The van der Waals surface area contributed by atoms with Crippen molar-refractivity contribution < 1.29 is 9.50 Å². The normalized spacial score (nSPS) is 20.2. The minimum atomic E-state index is -0.948. The lowest BCUT2D eigenvalue weighted by atomic mass is 9.74. The number of hydrogen-bond acceptors (Lipinski definition) is 2. The smallest absolute Gasteiger partial charge is 0.134 e. The van der Waals surface area contributed by atoms with E-state index in [1.807, 2.05) is 19.9 Å². The summed E-state index contributed by atoms with van der Waals surface area (Å²) in [5.74, 6) is 0.761. The lowest BCUT2D eigenvalue weighted by molar-refractivity contribution is -0.0417. The van der Waals surface area contributed by atoms with Gasteiger partial charge in [0.1, 0.15) is 5.82 Å². The Morgan fingerprint density at radius 2 is 1.91 bits per heavy atom. The average Bonchev–Trinajstić information content (AvgIpc) is 2.48. The Morgan fingerprint density at radius 3 is 2.30 bits per heavy atom. The summed E-state index contributed by atoms with van der Waals surface area (Å²) < 4.78 is 14.3. The van der Waals surface area contributed by atoms with Gasteiger partial charge < -0.3 is 5.11 Å². The zero-order chi connectivity index (χ0) is 17.0. The van der Waals surface area contributed by atoms with E-state index in [0.717, 1.165) is 24.5 Å². The first-order chi connectivity index (χ1) is 10.9. The summed E-state index contributed by atoms with van der Waals surface area (Å²) in [6.45, 7) is 7.99. The number of halogens is 1. The van der Waals surface area contributed by atoms with Crippen LogP contribution < -0.4 is 0 Å². The molecule has 0 radical (unpaired) electrons. The molecule has 0 aliphatic heterocycles. The van der Waals surface area contributed by atoms with Gasteiger partial charge in [0, 0.05) is 16.8 Å². The van der Waals surface area contributed by atoms with E-state index in [1.165, 1.54) is 19.3 Å². The molecule has 128 valence electrons. The second-order valence-corrected chi connectivity index (χ2v) is 7.19. The van der Waals surface area contributed by atoms with E-state index in [9.17, 15) is 9.50 Å². The number of nitrogens with zero attached hydrogens (tertiary/aromatic N) is 1. The molecule has 0 saturated heterocycles. The molecule has 1 aromatic rings. The third kappa shape index (κ3) is 4.20. The SMILES string of the molecule is CC1CCC1.CCC(C)=Nc1ccc(C2(O)CCC2)c(F)c1C. The van der Waals surface area contributed by atoms with E-state index in [4.69, 9.17) is 0 Å². The summed E-state index contributed by atoms with van der Waals surface area (Å²) in [4.78, 5) is 4.40. The lowest BCUT2D eigenvalue weighted by Crippen LogP contribution is -2.34. The maximum absolute atomic E-state index is 14.3. The van der Waals surface area contributed by atoms with Crippen molar-refractivity contribution in [2.24, 2.45) is 10.9 Å². The van der Waals surface area contributed by atoms with Crippen LogP contribution in [0.1, 0.15) is 76.8 Å². The molecule has 0 atom stereocenters. The van der Waals surface area contributed by atoms with Gasteiger partial charge in [-0.1, -0.05) is 39.2 Å². The van der Waals surface area contributed by atoms with Gasteiger partial charge in [0.05, 0.1) is 11.3 Å². The minimum Gasteiger partial charge on any atom is -0.385 e. The maximum Gasteiger partial charge on any atom is 0.134 e. The Labute approximate surface area is 139 Å². The first-order valence-corrected chi connectivity index (χ1v) is 8.93. The molecule has 23 heavy (non-hydrogen) atoms. The van der Waals surface area contributed by atoms with Crippen LogP contribution in [0.3, 0.4) is 0 Å². The molecule has 2 aliphatic carbocycles. The van der Waals surface area contributed by atoms with Gasteiger partial charge in [-0.25, -0.2) is 4.39 Å². The number of aliphatic hydroxyl groups is 1. The van der Waals surface area contributed by atoms with Crippen LogP contribution in [0.15, 0.2) is 17.1 Å². The quantitative estimate of drug-likeness (QED) is 0.700. The molecule has 1 aromatic carbocycles. The maximum atomic E-state index is 14.3. The Morgan fingerprint density at radius 1 is 1.30 bits per heavy atom. The Balaban J connectivity index is 0.000000326. The van der Waals surface area contributed by atoms with Gasteiger partial charge in [-0.3, -0.25) is 4.99 Å². The van der Waals surface area contributed by atoms with E-state index in [0.29, 0.717) is 29.7 Å². The van der Waals surface area contributed by atoms with Crippen LogP contribution >= 0.6 is 0 Å². The van der Waals surface area contributed by atoms with Crippen molar-refractivity contribution in [1.82, 2.24) is 0 Å². The second-order valence-electron chi connectivity index (χ2n) is 7.19. The van der Waals surface area contributed by atoms with E-state index in [1.54, 1.807) is 13.0 Å². The molecule has 0 heterocycles. The van der Waals surface area contributed by atoms with E-state index >= 15 is 0 Å². The highest BCUT2D eigenvalue weighted by Crippen LogP contribution is 2.43. The van der Waals surface area contributed by atoms with Crippen molar-refractivity contribution in [2.45, 2.75) is 78.2 Å². The molecule has 1 N–H and O–H groups in total. The molecular weight excluding hydrogens is 289 g/mol. The summed E-state index contributed by atoms with van der Waals surface area (Å²) in [7, 11) is 0. The summed E-state index contributed by atoms with van der Waals surface area (Å²) >= 11 is 0. The molecule has 0 bridgehead atoms. The number of benzene rings is 1. The number of hydrogen-bond donors (Lipinski definition) is 1. The molecule has 2 nitrogen and oxygen atoms in total. The summed E-state index contributed by atoms with van der Waals surface area (Å²) in [6, 6.07) is 3.49. The van der Waals surface area contributed by atoms with Crippen molar-refractivity contribution in [3.05, 3.63) is 29.1 Å². The summed E-state index contributed by atoms with van der Waals surface area (Å²) in [5, 5.41) is 10.2. The Hall–Kier alpha value is -1.22. The van der Waals surface area contributed by atoms with Crippen molar-refractivity contribution in [2.75, 3.05) is 0 Å². The first kappa shape index (κ1) is 18.1. The van der Waals surface area contributed by atoms with Gasteiger partial charge in [0.2, 0.25) is 0 Å². The summed E-state index contributed by atoms with van der Waals surface area (Å²) in [6.07, 6.45) is 7.58. The van der Waals surface area contributed by atoms with Gasteiger partial charge in [0.25, 0.3) is 0 Å². The molecule has 0 aromatic heterocycles. The van der Waals surface area contributed by atoms with Crippen LogP contribution in [0.5, 0.6) is 0 Å². The first-order valence-electron chi connectivity index (χ1n) is 8.93. The van der Waals surface area contributed by atoms with E-state index in [-0.39, 0.29) is 5.82 Å². The van der Waals surface area contributed by atoms with Crippen LogP contribution in [-0.4, -0.2) is 10.8 Å². The molecule has 2 saturated carbocycles. The Kier molecular flexibility index (Phi) is 5.96. The topological polar surface area (TPSA) is 32.6 Å². The number of aliphatic imine (C=N–C) groups is 1. The second kappa shape index (κ2) is 7.57. The van der Waals surface area contributed by atoms with E-state index in [2.05, 4.69) is 11.9 Å². The predicted molar refractivity (Wildman–Crippen MR) is 95.0 cm³/mol. The molecule has 0 unspecified atom stereocenters. The molecule has 2 aliphatic rings. The van der Waals surface area contributed by atoms with E-state index < -0.39 is 5.60 Å². The van der Waals surface area contributed by atoms with Gasteiger partial charge in [0.15, 0.2) is 0 Å². The van der Waals surface area contributed by atoms with Crippen LogP contribution in [0.2, 0.25) is 0 Å². The molecular formula is C20H30FNO. The fourth-order valence-corrected chi connectivity index (χ4v) is 2.83. The highest BCUT2D eigenvalue weighted by atomic mass is 19.1. The standard InChI is InChI=1S/C15H20FNO.C5H10/c1-4-10(2)17-13-7-6-12(14(16)11(13)3)15(18)8-5-9-15;1-5-3-2-4-5/h6-7,18H,4-5,8-9H2,1-3H3;5H,2-4H2,1H3. The van der Waals surface area contributed by atoms with Crippen LogP contribution in [0.25, 0.3) is 0 Å². The molecule has 2 fully saturated rings. The van der Waals surface area contributed by atoms with Gasteiger partial charge >= 0.3 is 0 Å². The summed E-state index contributed by atoms with van der Waals surface area (Å²) in [5.41, 5.74) is 1.66. The Bertz CT molecular complexity index is 571. The molecule has 3 heteroatoms. The molecule has 0 amide bonds. The average molecular weight is 319 g/mol. The van der Waals surface area contributed by atoms with Gasteiger partial charge in [-0.05, 0) is 51.5 Å². The van der Waals surface area contributed by atoms with Crippen molar-refractivity contribution in [3.63, 3.8) is 0 Å². The zero-order valence-electron chi connectivity index (χ0n) is 15.0. The fraction of sp³-hybridized carbons (Fsp3) is 0.650. The van der Waals surface area contributed by atoms with Gasteiger partial charge in [-0.15, -0.1) is 0 Å². The molecule has 3 rings (SSSR count). The highest BCUT2D eigenvalue weighted by Gasteiger charge is 2.38. The zero-order valence-corrected chi connectivity index (χ0v) is 15.0. The third-order valence-corrected chi connectivity index (χ3v) is 5.26. The third-order valence-electron chi connectivity index (χ3n) is 5.26. The minimum absolute atomic E-state index is 0.303. The van der Waals surface area contributed by atoms with Crippen molar-refractivity contribution in [3.8, 4) is 0 Å². The van der Waals surface area contributed by atoms with Crippen molar-refractivity contribution in [1.29, 1.82) is 0 Å². The largest absolute Gasteiger partial charge is 0.385 e. The monoisotopic (exact) mass is 319 g/mol. The molecule has 0 spiro atoms. The van der Waals surface area contributed by atoms with Crippen LogP contribution in [0, 0.1) is 18.7 Å². The van der Waals surface area contributed by atoms with Crippen molar-refractivity contribution >= 4 is 11.4 Å². The predicted octanol–water partition coefficient (Wildman–Crippen LogP) is 5.81. The number of rotatable bonds is 3. The highest BCUT2D eigenvalue weighted by molar-refractivity contribution is 5.84. The van der Waals surface area contributed by atoms with Crippen LogP contribution in [-0.2, 0) is 5.60 Å². The lowest BCUT2D eigenvalue weighted by Gasteiger charge is -2.37. The fourth-order valence-electron chi connectivity index (χ4n) is 2.83.